The summed E-state index contributed by atoms with van der Waals surface area (Å²) in [5.41, 5.74) is 0.193. The van der Waals surface area contributed by atoms with E-state index in [4.69, 9.17) is 4.74 Å². The summed E-state index contributed by atoms with van der Waals surface area (Å²) in [4.78, 5) is 29.4. The van der Waals surface area contributed by atoms with E-state index in [9.17, 15) is 18.4 Å². The zero-order valence-corrected chi connectivity index (χ0v) is 15.0. The van der Waals surface area contributed by atoms with Crippen molar-refractivity contribution >= 4 is 16.8 Å². The predicted molar refractivity (Wildman–Crippen MR) is 98.4 cm³/mol. The molecular weight excluding hydrogens is 368 g/mol. The van der Waals surface area contributed by atoms with E-state index in [0.717, 1.165) is 24.5 Å². The molecule has 0 bridgehead atoms. The summed E-state index contributed by atoms with van der Waals surface area (Å²) in [6, 6.07) is 4.32. The molecule has 1 saturated carbocycles. The van der Waals surface area contributed by atoms with Gasteiger partial charge in [-0.3, -0.25) is 14.6 Å². The van der Waals surface area contributed by atoms with Crippen molar-refractivity contribution in [1.82, 2.24) is 14.9 Å². The number of benzene rings is 1. The molecule has 8 heteroatoms. The maximum absolute atomic E-state index is 14.2. The van der Waals surface area contributed by atoms with E-state index in [0.29, 0.717) is 0 Å². The predicted octanol–water partition coefficient (Wildman–Crippen LogP) is 2.95. The van der Waals surface area contributed by atoms with E-state index >= 15 is 0 Å². The first-order chi connectivity index (χ1) is 13.5. The number of hydrogen-bond donors (Lipinski definition) is 1. The van der Waals surface area contributed by atoms with Crippen LogP contribution < -0.4 is 15.5 Å². The summed E-state index contributed by atoms with van der Waals surface area (Å²) in [5.74, 6) is -3.26. The number of rotatable bonds is 5. The number of methoxy groups -OCH3 is 1. The molecule has 144 valence electrons. The van der Waals surface area contributed by atoms with Gasteiger partial charge in [-0.1, -0.05) is 0 Å². The maximum Gasteiger partial charge on any atom is 0.257 e. The molecule has 1 amide bonds. The number of ether oxygens (including phenoxy) is 1. The Labute approximate surface area is 158 Å². The summed E-state index contributed by atoms with van der Waals surface area (Å²) < 4.78 is 34.9. The van der Waals surface area contributed by atoms with Crippen LogP contribution in [0.5, 0.6) is 5.75 Å². The number of nitrogens with one attached hydrogen (secondary N) is 1. The van der Waals surface area contributed by atoms with Gasteiger partial charge >= 0.3 is 0 Å². The number of aromatic nitrogens is 2. The number of pyridine rings is 2. The monoisotopic (exact) mass is 385 g/mol. The number of fused-ring (bicyclic) bond motifs is 1. The van der Waals surface area contributed by atoms with E-state index in [-0.39, 0.29) is 34.8 Å². The molecular formula is C20H17F2N3O3. The summed E-state index contributed by atoms with van der Waals surface area (Å²) >= 11 is 0. The normalized spacial score (nSPS) is 13.5. The van der Waals surface area contributed by atoms with Crippen LogP contribution in [0.15, 0.2) is 41.6 Å². The molecule has 0 radical (unpaired) electrons. The van der Waals surface area contributed by atoms with Crippen molar-refractivity contribution in [3.05, 3.63) is 69.8 Å². The highest BCUT2D eigenvalue weighted by atomic mass is 19.2. The Morgan fingerprint density at radius 1 is 1.32 bits per heavy atom. The molecule has 0 saturated heterocycles. The van der Waals surface area contributed by atoms with Crippen molar-refractivity contribution in [1.29, 1.82) is 0 Å². The average molecular weight is 385 g/mol. The Bertz CT molecular complexity index is 1130. The fraction of sp³-hybridized carbons (Fsp3) is 0.250. The fourth-order valence-electron chi connectivity index (χ4n) is 3.20. The van der Waals surface area contributed by atoms with Crippen LogP contribution in [-0.2, 0) is 6.54 Å². The first-order valence-corrected chi connectivity index (χ1v) is 8.79. The van der Waals surface area contributed by atoms with Crippen molar-refractivity contribution < 1.29 is 18.3 Å². The number of hydrogen-bond acceptors (Lipinski definition) is 4. The Morgan fingerprint density at radius 2 is 2.04 bits per heavy atom. The summed E-state index contributed by atoms with van der Waals surface area (Å²) in [7, 11) is 1.22. The Morgan fingerprint density at radius 3 is 2.68 bits per heavy atom. The molecule has 0 aliphatic heterocycles. The van der Waals surface area contributed by atoms with Gasteiger partial charge in [-0.25, -0.2) is 4.39 Å². The van der Waals surface area contributed by atoms with Crippen LogP contribution in [0.1, 0.15) is 34.8 Å². The van der Waals surface area contributed by atoms with Crippen LogP contribution in [0.25, 0.3) is 10.9 Å². The van der Waals surface area contributed by atoms with Gasteiger partial charge in [0.15, 0.2) is 11.6 Å². The number of amides is 1. The molecule has 0 spiro atoms. The van der Waals surface area contributed by atoms with E-state index in [2.05, 4.69) is 10.3 Å². The molecule has 0 unspecified atom stereocenters. The van der Waals surface area contributed by atoms with Crippen molar-refractivity contribution in [2.75, 3.05) is 7.11 Å². The molecule has 2 heterocycles. The second kappa shape index (κ2) is 7.03. The van der Waals surface area contributed by atoms with E-state index in [1.807, 2.05) is 0 Å². The lowest BCUT2D eigenvalue weighted by molar-refractivity contribution is 0.0949. The number of carbonyl (C=O) groups is 1. The summed E-state index contributed by atoms with van der Waals surface area (Å²) in [6.07, 6.45) is 6.24. The van der Waals surface area contributed by atoms with Gasteiger partial charge < -0.3 is 14.6 Å². The SMILES string of the molecule is COc1c(F)c(F)cc2c(=O)c(C(=O)NCc3ccncc3)cn(C3CC3)c12. The minimum Gasteiger partial charge on any atom is -0.491 e. The zero-order chi connectivity index (χ0) is 19.8. The van der Waals surface area contributed by atoms with Crippen LogP contribution in [0.4, 0.5) is 8.78 Å². The highest BCUT2D eigenvalue weighted by molar-refractivity contribution is 5.98. The molecule has 1 aliphatic carbocycles. The first-order valence-electron chi connectivity index (χ1n) is 8.79. The van der Waals surface area contributed by atoms with Gasteiger partial charge in [0, 0.05) is 31.2 Å². The minimum absolute atomic E-state index is 0.00797. The third-order valence-electron chi connectivity index (χ3n) is 4.76. The highest BCUT2D eigenvalue weighted by Crippen LogP contribution is 2.40. The highest BCUT2D eigenvalue weighted by Gasteiger charge is 2.30. The topological polar surface area (TPSA) is 73.2 Å². The molecule has 1 fully saturated rings. The van der Waals surface area contributed by atoms with Gasteiger partial charge in [0.05, 0.1) is 18.0 Å². The van der Waals surface area contributed by atoms with Crippen LogP contribution in [0.2, 0.25) is 0 Å². The quantitative estimate of drug-likeness (QED) is 0.733. The molecule has 6 nitrogen and oxygen atoms in total. The molecule has 2 aromatic heterocycles. The molecule has 1 aliphatic rings. The van der Waals surface area contributed by atoms with Crippen LogP contribution >= 0.6 is 0 Å². The largest absolute Gasteiger partial charge is 0.491 e. The standard InChI is InChI=1S/C20H17F2N3O3/c1-28-19-16(22)15(21)8-13-17(19)25(12-2-3-12)10-14(18(13)26)20(27)24-9-11-4-6-23-7-5-11/h4-8,10,12H,2-3,9H2,1H3,(H,24,27). The lowest BCUT2D eigenvalue weighted by Gasteiger charge is -2.16. The second-order valence-electron chi connectivity index (χ2n) is 6.65. The number of halogens is 2. The molecule has 1 aromatic carbocycles. The van der Waals surface area contributed by atoms with Gasteiger partial charge in [-0.2, -0.15) is 4.39 Å². The molecule has 4 rings (SSSR count). The smallest absolute Gasteiger partial charge is 0.257 e. The summed E-state index contributed by atoms with van der Waals surface area (Å²) in [6.45, 7) is 0.212. The molecule has 28 heavy (non-hydrogen) atoms. The second-order valence-corrected chi connectivity index (χ2v) is 6.65. The van der Waals surface area contributed by atoms with Crippen molar-refractivity contribution in [3.8, 4) is 5.75 Å². The summed E-state index contributed by atoms with van der Waals surface area (Å²) in [5, 5.41) is 2.60. The molecule has 3 aromatic rings. The molecule has 1 N–H and O–H groups in total. The third-order valence-corrected chi connectivity index (χ3v) is 4.76. The van der Waals surface area contributed by atoms with Crippen molar-refractivity contribution in [3.63, 3.8) is 0 Å². The van der Waals surface area contributed by atoms with E-state index < -0.39 is 23.0 Å². The van der Waals surface area contributed by atoms with Gasteiger partial charge in [0.25, 0.3) is 5.91 Å². The van der Waals surface area contributed by atoms with Gasteiger partial charge in [0.1, 0.15) is 5.56 Å². The fourth-order valence-corrected chi connectivity index (χ4v) is 3.20. The molecule has 0 atom stereocenters. The zero-order valence-electron chi connectivity index (χ0n) is 15.0. The van der Waals surface area contributed by atoms with Crippen LogP contribution in [0.3, 0.4) is 0 Å². The average Bonchev–Trinajstić information content (AvgIpc) is 3.54. The number of nitrogens with zero attached hydrogens (tertiary/aromatic N) is 2. The van der Waals surface area contributed by atoms with Crippen molar-refractivity contribution in [2.24, 2.45) is 0 Å². The van der Waals surface area contributed by atoms with E-state index in [1.54, 1.807) is 29.1 Å². The van der Waals surface area contributed by atoms with E-state index in [1.165, 1.54) is 13.3 Å². The van der Waals surface area contributed by atoms with Crippen LogP contribution in [0, 0.1) is 11.6 Å². The lowest BCUT2D eigenvalue weighted by atomic mass is 10.1. The first kappa shape index (κ1) is 18.1. The Hall–Kier alpha value is -3.29. The Kier molecular flexibility index (Phi) is 4.54. The maximum atomic E-state index is 14.2. The van der Waals surface area contributed by atoms with Crippen LogP contribution in [-0.4, -0.2) is 22.6 Å². The minimum atomic E-state index is -1.20. The third kappa shape index (κ3) is 3.11. The number of carbonyl (C=O) groups excluding carboxylic acids is 1. The van der Waals surface area contributed by atoms with Crippen molar-refractivity contribution in [2.45, 2.75) is 25.4 Å². The van der Waals surface area contributed by atoms with Gasteiger partial charge in [-0.15, -0.1) is 0 Å². The lowest BCUT2D eigenvalue weighted by Crippen LogP contribution is -2.29. The van der Waals surface area contributed by atoms with Gasteiger partial charge in [-0.05, 0) is 36.6 Å². The van der Waals surface area contributed by atoms with Gasteiger partial charge in [0.2, 0.25) is 11.2 Å². The Balaban J connectivity index is 1.81.